The molecule has 0 aromatic heterocycles. The topological polar surface area (TPSA) is 46.3 Å². The fourth-order valence-electron chi connectivity index (χ4n) is 2.76. The molecule has 20 heavy (non-hydrogen) atoms. The molecule has 1 fully saturated rings. The number of likely N-dealkylation sites (tertiary alicyclic amines) is 1. The number of benzene rings is 1. The van der Waals surface area contributed by atoms with Gasteiger partial charge in [0.25, 0.3) is 0 Å². The zero-order valence-electron chi connectivity index (χ0n) is 12.1. The highest BCUT2D eigenvalue weighted by molar-refractivity contribution is 7.98. The van der Waals surface area contributed by atoms with Crippen LogP contribution in [0, 0.1) is 0 Å². The van der Waals surface area contributed by atoms with E-state index in [-0.39, 0.29) is 11.9 Å². The zero-order chi connectivity index (χ0) is 14.4. The highest BCUT2D eigenvalue weighted by atomic mass is 32.2. The van der Waals surface area contributed by atoms with E-state index in [0.717, 1.165) is 38.1 Å². The van der Waals surface area contributed by atoms with Crippen molar-refractivity contribution in [1.29, 1.82) is 0 Å². The molecule has 0 unspecified atom stereocenters. The molecule has 1 aromatic rings. The molecule has 1 amide bonds. The number of thioether (sulfide) groups is 1. The number of piperidine rings is 1. The van der Waals surface area contributed by atoms with Crippen LogP contribution in [0.3, 0.4) is 0 Å². The van der Waals surface area contributed by atoms with E-state index in [2.05, 4.69) is 24.3 Å². The van der Waals surface area contributed by atoms with E-state index >= 15 is 0 Å². The third-order valence-electron chi connectivity index (χ3n) is 4.03. The van der Waals surface area contributed by atoms with Crippen LogP contribution in [0.2, 0.25) is 0 Å². The molecule has 4 heteroatoms. The normalized spacial score (nSPS) is 18.0. The number of carbonyl (C=O) groups is 1. The molecule has 1 heterocycles. The Morgan fingerprint density at radius 2 is 2.00 bits per heavy atom. The Labute approximate surface area is 125 Å². The van der Waals surface area contributed by atoms with Gasteiger partial charge in [-0.05, 0) is 42.8 Å². The fraction of sp³-hybridized carbons (Fsp3) is 0.562. The molecule has 0 spiro atoms. The molecule has 1 aliphatic heterocycles. The predicted molar refractivity (Wildman–Crippen MR) is 86.0 cm³/mol. The Balaban J connectivity index is 1.83. The second kappa shape index (κ2) is 7.70. The minimum atomic E-state index is -0.323. The lowest BCUT2D eigenvalue weighted by atomic mass is 9.89. The van der Waals surface area contributed by atoms with Crippen LogP contribution in [0.4, 0.5) is 0 Å². The van der Waals surface area contributed by atoms with Crippen molar-refractivity contribution in [2.24, 2.45) is 5.73 Å². The molecule has 1 aromatic carbocycles. The molecule has 0 saturated carbocycles. The maximum Gasteiger partial charge on any atom is 0.239 e. The first-order valence-electron chi connectivity index (χ1n) is 7.30. The van der Waals surface area contributed by atoms with E-state index in [1.807, 2.05) is 17.2 Å². The van der Waals surface area contributed by atoms with E-state index in [1.54, 1.807) is 11.8 Å². The van der Waals surface area contributed by atoms with Crippen molar-refractivity contribution in [2.45, 2.75) is 31.2 Å². The first-order valence-corrected chi connectivity index (χ1v) is 8.70. The predicted octanol–water partition coefficient (Wildman–Crippen LogP) is 2.47. The third kappa shape index (κ3) is 4.00. The van der Waals surface area contributed by atoms with Crippen LogP contribution >= 0.6 is 11.8 Å². The largest absolute Gasteiger partial charge is 0.341 e. The zero-order valence-corrected chi connectivity index (χ0v) is 12.9. The minimum absolute atomic E-state index is 0.130. The first-order chi connectivity index (χ1) is 9.72. The van der Waals surface area contributed by atoms with Gasteiger partial charge >= 0.3 is 0 Å². The minimum Gasteiger partial charge on any atom is -0.341 e. The monoisotopic (exact) mass is 292 g/mol. The highest BCUT2D eigenvalue weighted by Crippen LogP contribution is 2.27. The molecule has 3 nitrogen and oxygen atoms in total. The van der Waals surface area contributed by atoms with Crippen LogP contribution in [0.1, 0.15) is 30.7 Å². The molecule has 2 rings (SSSR count). The van der Waals surface area contributed by atoms with Crippen molar-refractivity contribution in [3.05, 3.63) is 35.9 Å². The second-order valence-electron chi connectivity index (χ2n) is 5.40. The Bertz CT molecular complexity index is 416. The summed E-state index contributed by atoms with van der Waals surface area (Å²) in [5.74, 6) is 1.67. The van der Waals surface area contributed by atoms with Crippen LogP contribution in [0.5, 0.6) is 0 Å². The highest BCUT2D eigenvalue weighted by Gasteiger charge is 2.26. The van der Waals surface area contributed by atoms with E-state index in [1.165, 1.54) is 5.56 Å². The van der Waals surface area contributed by atoms with Crippen molar-refractivity contribution in [3.63, 3.8) is 0 Å². The lowest BCUT2D eigenvalue weighted by Crippen LogP contribution is -2.47. The SMILES string of the molecule is CSCC[C@@H](N)C(=O)N1CCC(c2ccccc2)CC1. The maximum absolute atomic E-state index is 12.2. The van der Waals surface area contributed by atoms with Gasteiger partial charge < -0.3 is 10.6 Å². The third-order valence-corrected chi connectivity index (χ3v) is 4.67. The van der Waals surface area contributed by atoms with Gasteiger partial charge in [-0.2, -0.15) is 11.8 Å². The van der Waals surface area contributed by atoms with Gasteiger partial charge in [0.2, 0.25) is 5.91 Å². The second-order valence-corrected chi connectivity index (χ2v) is 6.38. The Hall–Kier alpha value is -1.00. The standard InChI is InChI=1S/C16H24N2OS/c1-20-12-9-15(17)16(19)18-10-7-14(8-11-18)13-5-3-2-4-6-13/h2-6,14-15H,7-12,17H2,1H3/t15-/m1/s1. The van der Waals surface area contributed by atoms with Crippen molar-refractivity contribution < 1.29 is 4.79 Å². The Morgan fingerprint density at radius 1 is 1.35 bits per heavy atom. The maximum atomic E-state index is 12.2. The lowest BCUT2D eigenvalue weighted by Gasteiger charge is -2.33. The van der Waals surface area contributed by atoms with Crippen LogP contribution in [-0.4, -0.2) is 41.9 Å². The van der Waals surface area contributed by atoms with Crippen LogP contribution in [-0.2, 0) is 4.79 Å². The summed E-state index contributed by atoms with van der Waals surface area (Å²) < 4.78 is 0. The Kier molecular flexibility index (Phi) is 5.92. The Morgan fingerprint density at radius 3 is 2.60 bits per heavy atom. The van der Waals surface area contributed by atoms with Gasteiger partial charge in [0.1, 0.15) is 0 Å². The molecule has 1 saturated heterocycles. The molecular weight excluding hydrogens is 268 g/mol. The summed E-state index contributed by atoms with van der Waals surface area (Å²) in [6.07, 6.45) is 4.91. The van der Waals surface area contributed by atoms with Gasteiger partial charge in [-0.15, -0.1) is 0 Å². The van der Waals surface area contributed by atoms with E-state index in [9.17, 15) is 4.79 Å². The quantitative estimate of drug-likeness (QED) is 0.907. The summed E-state index contributed by atoms with van der Waals surface area (Å²) in [6, 6.07) is 10.3. The van der Waals surface area contributed by atoms with Crippen molar-refractivity contribution in [1.82, 2.24) is 4.90 Å². The summed E-state index contributed by atoms with van der Waals surface area (Å²) in [7, 11) is 0. The van der Waals surface area contributed by atoms with Crippen molar-refractivity contribution in [3.8, 4) is 0 Å². The number of rotatable bonds is 5. The van der Waals surface area contributed by atoms with Crippen molar-refractivity contribution >= 4 is 17.7 Å². The van der Waals surface area contributed by atoms with Gasteiger partial charge in [-0.3, -0.25) is 4.79 Å². The summed E-state index contributed by atoms with van der Waals surface area (Å²) in [4.78, 5) is 14.2. The van der Waals surface area contributed by atoms with Gasteiger partial charge in [-0.1, -0.05) is 30.3 Å². The molecule has 2 N–H and O–H groups in total. The van der Waals surface area contributed by atoms with Crippen LogP contribution in [0.25, 0.3) is 0 Å². The first kappa shape index (κ1) is 15.4. The van der Waals surface area contributed by atoms with E-state index in [4.69, 9.17) is 5.73 Å². The average Bonchev–Trinajstić information content (AvgIpc) is 2.53. The fourth-order valence-corrected chi connectivity index (χ4v) is 3.25. The van der Waals surface area contributed by atoms with E-state index in [0.29, 0.717) is 5.92 Å². The molecule has 110 valence electrons. The lowest BCUT2D eigenvalue weighted by molar-refractivity contribution is -0.133. The molecule has 0 radical (unpaired) electrons. The summed E-state index contributed by atoms with van der Waals surface area (Å²) in [6.45, 7) is 1.68. The average molecular weight is 292 g/mol. The molecule has 1 aliphatic rings. The van der Waals surface area contributed by atoms with Gasteiger partial charge in [-0.25, -0.2) is 0 Å². The summed E-state index contributed by atoms with van der Waals surface area (Å²) in [5.41, 5.74) is 7.37. The number of carbonyl (C=O) groups excluding carboxylic acids is 1. The number of amides is 1. The number of nitrogens with two attached hydrogens (primary N) is 1. The number of nitrogens with zero attached hydrogens (tertiary/aromatic N) is 1. The van der Waals surface area contributed by atoms with E-state index < -0.39 is 0 Å². The number of hydrogen-bond donors (Lipinski definition) is 1. The summed E-state index contributed by atoms with van der Waals surface area (Å²) in [5, 5.41) is 0. The molecule has 0 bridgehead atoms. The van der Waals surface area contributed by atoms with Gasteiger partial charge in [0.05, 0.1) is 6.04 Å². The molecule has 1 atom stereocenters. The van der Waals surface area contributed by atoms with Crippen molar-refractivity contribution in [2.75, 3.05) is 25.1 Å². The van der Waals surface area contributed by atoms with Gasteiger partial charge in [0.15, 0.2) is 0 Å². The van der Waals surface area contributed by atoms with Gasteiger partial charge in [0, 0.05) is 13.1 Å². The summed E-state index contributed by atoms with van der Waals surface area (Å²) >= 11 is 1.74. The van der Waals surface area contributed by atoms with Crippen LogP contribution in [0.15, 0.2) is 30.3 Å². The molecule has 0 aliphatic carbocycles. The molecular formula is C16H24N2OS. The van der Waals surface area contributed by atoms with Crippen LogP contribution < -0.4 is 5.73 Å². The smallest absolute Gasteiger partial charge is 0.239 e. The number of hydrogen-bond acceptors (Lipinski definition) is 3.